The summed E-state index contributed by atoms with van der Waals surface area (Å²) in [7, 11) is 0. The van der Waals surface area contributed by atoms with Gasteiger partial charge in [0.1, 0.15) is 23.0 Å². The highest BCUT2D eigenvalue weighted by Crippen LogP contribution is 2.59. The van der Waals surface area contributed by atoms with E-state index in [2.05, 4.69) is 157 Å². The Bertz CT molecular complexity index is 2640. The van der Waals surface area contributed by atoms with Crippen LogP contribution in [0.5, 0.6) is 23.0 Å². The summed E-state index contributed by atoms with van der Waals surface area (Å²) >= 11 is 0. The van der Waals surface area contributed by atoms with E-state index >= 15 is 0 Å². The zero-order valence-corrected chi connectivity index (χ0v) is 27.1. The van der Waals surface area contributed by atoms with Crippen LogP contribution in [0.2, 0.25) is 0 Å². The number of fused-ring (bicyclic) bond motifs is 4. The summed E-state index contributed by atoms with van der Waals surface area (Å²) < 4.78 is 13.6. The third kappa shape index (κ3) is 3.17. The van der Waals surface area contributed by atoms with Crippen LogP contribution in [0.4, 0.5) is 11.4 Å². The van der Waals surface area contributed by atoms with E-state index in [-0.39, 0.29) is 6.71 Å². The first kappa shape index (κ1) is 26.7. The van der Waals surface area contributed by atoms with Gasteiger partial charge in [-0.15, -0.1) is 0 Å². The standard InChI is InChI=1S/C46H28BNO2/c1-3-12-31(13-4-1)48(32-14-5-2-6-15-32)27-30-26-25-29-24-23-28-11-7-16-33-40(28)41(29)42(30)46(33)34-17-8-19-36-43(34)47-44-35(46)18-9-20-37(44)50-39-22-10-21-38(49-36)45(39)47/h1-26H,27H2. The molecule has 12 rings (SSSR count). The van der Waals surface area contributed by atoms with Gasteiger partial charge in [-0.1, -0.05) is 109 Å². The quantitative estimate of drug-likeness (QED) is 0.142. The molecular weight excluding hydrogens is 609 g/mol. The van der Waals surface area contributed by atoms with E-state index in [4.69, 9.17) is 9.47 Å². The highest BCUT2D eigenvalue weighted by molar-refractivity contribution is 6.99. The van der Waals surface area contributed by atoms with E-state index in [1.807, 2.05) is 6.07 Å². The number of anilines is 2. The normalized spacial score (nSPS) is 14.5. The van der Waals surface area contributed by atoms with E-state index in [1.165, 1.54) is 60.3 Å². The smallest absolute Gasteiger partial charge is 0.261 e. The van der Waals surface area contributed by atoms with Crippen LogP contribution in [-0.4, -0.2) is 6.71 Å². The van der Waals surface area contributed by atoms with Gasteiger partial charge in [-0.2, -0.15) is 0 Å². The van der Waals surface area contributed by atoms with E-state index in [0.29, 0.717) is 6.54 Å². The molecule has 0 atom stereocenters. The number of hydrogen-bond acceptors (Lipinski definition) is 3. The minimum Gasteiger partial charge on any atom is -0.458 e. The van der Waals surface area contributed by atoms with E-state index in [1.54, 1.807) is 0 Å². The van der Waals surface area contributed by atoms with E-state index < -0.39 is 5.41 Å². The molecule has 0 bridgehead atoms. The average molecular weight is 638 g/mol. The van der Waals surface area contributed by atoms with E-state index in [0.717, 1.165) is 39.8 Å². The predicted molar refractivity (Wildman–Crippen MR) is 203 cm³/mol. The fourth-order valence-electron chi connectivity index (χ4n) is 9.84. The summed E-state index contributed by atoms with van der Waals surface area (Å²) in [4.78, 5) is 2.45. The van der Waals surface area contributed by atoms with Crippen molar-refractivity contribution < 1.29 is 9.47 Å². The molecule has 50 heavy (non-hydrogen) atoms. The summed E-state index contributed by atoms with van der Waals surface area (Å²) in [5, 5.41) is 5.23. The molecule has 8 aromatic carbocycles. The number of ether oxygens (including phenoxy) is 2. The Kier molecular flexibility index (Phi) is 5.04. The molecule has 3 aliphatic heterocycles. The van der Waals surface area contributed by atoms with Crippen LogP contribution in [0.15, 0.2) is 158 Å². The van der Waals surface area contributed by atoms with Crippen LogP contribution in [0.1, 0.15) is 27.8 Å². The Morgan fingerprint density at radius 3 is 1.56 bits per heavy atom. The van der Waals surface area contributed by atoms with Crippen LogP contribution < -0.4 is 30.8 Å². The maximum absolute atomic E-state index is 6.80. The Morgan fingerprint density at radius 2 is 0.940 bits per heavy atom. The topological polar surface area (TPSA) is 21.7 Å². The summed E-state index contributed by atoms with van der Waals surface area (Å²) in [6.07, 6.45) is 0. The lowest BCUT2D eigenvalue weighted by atomic mass is 9.29. The Morgan fingerprint density at radius 1 is 0.440 bits per heavy atom. The average Bonchev–Trinajstić information content (AvgIpc) is 3.49. The zero-order chi connectivity index (χ0) is 32.6. The molecule has 0 N–H and O–H groups in total. The van der Waals surface area contributed by atoms with Crippen LogP contribution in [0, 0.1) is 0 Å². The van der Waals surface area contributed by atoms with Gasteiger partial charge in [0.05, 0.1) is 5.41 Å². The predicted octanol–water partition coefficient (Wildman–Crippen LogP) is 9.07. The van der Waals surface area contributed by atoms with Gasteiger partial charge in [-0.25, -0.2) is 0 Å². The molecule has 1 spiro atoms. The molecule has 0 radical (unpaired) electrons. The third-order valence-corrected chi connectivity index (χ3v) is 11.6. The van der Waals surface area contributed by atoms with Crippen molar-refractivity contribution >= 4 is 56.0 Å². The Balaban J connectivity index is 1.22. The number of para-hydroxylation sites is 2. The molecule has 8 aromatic rings. The van der Waals surface area contributed by atoms with Gasteiger partial charge in [0.2, 0.25) is 0 Å². The van der Waals surface area contributed by atoms with Gasteiger partial charge in [0.15, 0.2) is 0 Å². The Labute approximate surface area is 290 Å². The maximum Gasteiger partial charge on any atom is 0.261 e. The van der Waals surface area contributed by atoms with E-state index in [9.17, 15) is 0 Å². The first-order valence-electron chi connectivity index (χ1n) is 17.4. The van der Waals surface area contributed by atoms with Crippen LogP contribution in [0.25, 0.3) is 21.5 Å². The maximum atomic E-state index is 6.80. The van der Waals surface area contributed by atoms with Gasteiger partial charge in [0.25, 0.3) is 6.71 Å². The molecule has 3 nitrogen and oxygen atoms in total. The van der Waals surface area contributed by atoms with Crippen molar-refractivity contribution in [1.82, 2.24) is 0 Å². The van der Waals surface area contributed by atoms with Crippen LogP contribution in [0.3, 0.4) is 0 Å². The van der Waals surface area contributed by atoms with Crippen molar-refractivity contribution in [3.63, 3.8) is 0 Å². The lowest BCUT2D eigenvalue weighted by Crippen LogP contribution is -2.65. The molecule has 0 amide bonds. The summed E-state index contributed by atoms with van der Waals surface area (Å²) in [6, 6.07) is 57.4. The molecule has 0 fully saturated rings. The van der Waals surface area contributed by atoms with Gasteiger partial charge >= 0.3 is 0 Å². The second-order valence-electron chi connectivity index (χ2n) is 13.9. The van der Waals surface area contributed by atoms with Crippen molar-refractivity contribution in [2.75, 3.05) is 4.90 Å². The fourth-order valence-corrected chi connectivity index (χ4v) is 9.84. The SMILES string of the molecule is c1ccc(N(Cc2ccc3ccc4cccc5c4c3c2C52c3cccc4c3B3c5c(cccc5Oc5cccc2c53)O4)c2ccccc2)cc1. The number of hydrogen-bond donors (Lipinski definition) is 0. The second kappa shape index (κ2) is 9.46. The minimum atomic E-state index is -0.583. The van der Waals surface area contributed by atoms with Crippen molar-refractivity contribution in [2.24, 2.45) is 0 Å². The number of rotatable bonds is 4. The number of benzene rings is 8. The van der Waals surface area contributed by atoms with Crippen molar-refractivity contribution in [1.29, 1.82) is 0 Å². The first-order valence-corrected chi connectivity index (χ1v) is 17.4. The molecule has 232 valence electrons. The van der Waals surface area contributed by atoms with Crippen molar-refractivity contribution in [2.45, 2.75) is 12.0 Å². The lowest BCUT2D eigenvalue weighted by Gasteiger charge is -2.47. The summed E-state index contributed by atoms with van der Waals surface area (Å²) in [6.45, 7) is 0.737. The van der Waals surface area contributed by atoms with Crippen molar-refractivity contribution in [3.05, 3.63) is 186 Å². The largest absolute Gasteiger partial charge is 0.458 e. The third-order valence-electron chi connectivity index (χ3n) is 11.6. The highest BCUT2D eigenvalue weighted by Gasteiger charge is 2.57. The molecule has 4 heteroatoms. The van der Waals surface area contributed by atoms with Crippen LogP contribution >= 0.6 is 0 Å². The second-order valence-corrected chi connectivity index (χ2v) is 13.9. The fraction of sp³-hybridized carbons (Fsp3) is 0.0435. The minimum absolute atomic E-state index is 0.0300. The lowest BCUT2D eigenvalue weighted by molar-refractivity contribution is 0.461. The molecule has 4 aliphatic rings. The first-order chi connectivity index (χ1) is 24.8. The molecule has 0 aromatic heterocycles. The molecule has 1 aliphatic carbocycles. The van der Waals surface area contributed by atoms with Gasteiger partial charge in [-0.05, 0) is 109 Å². The van der Waals surface area contributed by atoms with Gasteiger partial charge in [-0.3, -0.25) is 0 Å². The van der Waals surface area contributed by atoms with Gasteiger partial charge < -0.3 is 14.4 Å². The molecular formula is C46H28BNO2. The van der Waals surface area contributed by atoms with Crippen molar-refractivity contribution in [3.8, 4) is 23.0 Å². The zero-order valence-electron chi connectivity index (χ0n) is 27.1. The highest BCUT2D eigenvalue weighted by atomic mass is 16.5. The van der Waals surface area contributed by atoms with Crippen LogP contribution in [-0.2, 0) is 12.0 Å². The summed E-state index contributed by atoms with van der Waals surface area (Å²) in [5.74, 6) is 3.64. The monoisotopic (exact) mass is 637 g/mol. The molecule has 0 saturated heterocycles. The number of nitrogens with zero attached hydrogens (tertiary/aromatic N) is 1. The summed E-state index contributed by atoms with van der Waals surface area (Å²) in [5.41, 5.74) is 12.0. The molecule has 0 saturated carbocycles. The molecule has 0 unspecified atom stereocenters. The molecule has 3 heterocycles. The van der Waals surface area contributed by atoms with Gasteiger partial charge in [0, 0.05) is 23.4 Å². The Hall–Kier alpha value is -6.26.